The Morgan fingerprint density at radius 2 is 1.89 bits per heavy atom. The number of aryl methyl sites for hydroxylation is 1. The summed E-state index contributed by atoms with van der Waals surface area (Å²) in [4.78, 5) is 16.0. The van der Waals surface area contributed by atoms with Crippen LogP contribution in [0.5, 0.6) is 0 Å². The summed E-state index contributed by atoms with van der Waals surface area (Å²) >= 11 is 3.39. The molecule has 1 heterocycles. The molecular formula is C20H19BrN6O. The van der Waals surface area contributed by atoms with E-state index in [1.165, 1.54) is 4.80 Å². The number of rotatable bonds is 6. The molecule has 28 heavy (non-hydrogen) atoms. The van der Waals surface area contributed by atoms with Crippen molar-refractivity contribution in [1.29, 1.82) is 5.26 Å². The van der Waals surface area contributed by atoms with Crippen molar-refractivity contribution in [3.63, 3.8) is 0 Å². The third-order valence-electron chi connectivity index (χ3n) is 4.29. The number of nitriles is 1. The van der Waals surface area contributed by atoms with E-state index in [1.807, 2.05) is 55.5 Å². The molecule has 0 fully saturated rings. The van der Waals surface area contributed by atoms with Gasteiger partial charge in [0.2, 0.25) is 5.82 Å². The fraction of sp³-hybridized carbons (Fsp3) is 0.250. The van der Waals surface area contributed by atoms with Gasteiger partial charge < -0.3 is 4.90 Å². The molecule has 1 amide bonds. The van der Waals surface area contributed by atoms with Gasteiger partial charge in [-0.15, -0.1) is 10.2 Å². The van der Waals surface area contributed by atoms with Crippen molar-refractivity contribution < 1.29 is 4.79 Å². The van der Waals surface area contributed by atoms with Crippen LogP contribution in [-0.4, -0.2) is 32.7 Å². The predicted molar refractivity (Wildman–Crippen MR) is 109 cm³/mol. The summed E-state index contributed by atoms with van der Waals surface area (Å²) in [7, 11) is 0. The minimum Gasteiger partial charge on any atom is -0.309 e. The van der Waals surface area contributed by atoms with E-state index in [4.69, 9.17) is 5.26 Å². The van der Waals surface area contributed by atoms with Gasteiger partial charge >= 0.3 is 0 Å². The van der Waals surface area contributed by atoms with Crippen molar-refractivity contribution in [2.75, 3.05) is 11.4 Å². The molecule has 2 aromatic carbocycles. The normalized spacial score (nSPS) is 11.6. The lowest BCUT2D eigenvalue weighted by Crippen LogP contribution is -2.37. The number of tetrazole rings is 1. The second-order valence-corrected chi connectivity index (χ2v) is 7.27. The van der Waals surface area contributed by atoms with Crippen molar-refractivity contribution in [1.82, 2.24) is 20.2 Å². The van der Waals surface area contributed by atoms with Gasteiger partial charge in [0.1, 0.15) is 6.04 Å². The first-order valence-corrected chi connectivity index (χ1v) is 9.59. The highest BCUT2D eigenvalue weighted by molar-refractivity contribution is 9.10. The fourth-order valence-electron chi connectivity index (χ4n) is 2.68. The summed E-state index contributed by atoms with van der Waals surface area (Å²) in [5.74, 6) is 0.255. The van der Waals surface area contributed by atoms with Gasteiger partial charge in [-0.3, -0.25) is 4.79 Å². The molecule has 0 saturated heterocycles. The summed E-state index contributed by atoms with van der Waals surface area (Å²) in [6.45, 7) is 4.01. The molecule has 0 saturated carbocycles. The van der Waals surface area contributed by atoms with Gasteiger partial charge in [-0.05, 0) is 55.5 Å². The Labute approximate surface area is 171 Å². The van der Waals surface area contributed by atoms with Gasteiger partial charge in [0.05, 0.1) is 12.5 Å². The van der Waals surface area contributed by atoms with Gasteiger partial charge in [0.25, 0.3) is 5.91 Å². The third-order valence-corrected chi connectivity index (χ3v) is 4.82. The second kappa shape index (κ2) is 8.76. The van der Waals surface area contributed by atoms with Crippen LogP contribution in [0.1, 0.15) is 24.9 Å². The SMILES string of the molecule is Cc1ccc(N(CCC#N)C(=O)C(C)n2nnc(-c3ccc(Br)cc3)n2)cc1. The first kappa shape index (κ1) is 19.7. The Morgan fingerprint density at radius 1 is 1.21 bits per heavy atom. The van der Waals surface area contributed by atoms with Gasteiger partial charge in [0.15, 0.2) is 0 Å². The molecule has 3 aromatic rings. The number of hydrogen-bond acceptors (Lipinski definition) is 5. The number of carbonyl (C=O) groups is 1. The summed E-state index contributed by atoms with van der Waals surface area (Å²) in [6, 6.07) is 16.6. The smallest absolute Gasteiger partial charge is 0.253 e. The molecule has 3 rings (SSSR count). The number of aromatic nitrogens is 4. The van der Waals surface area contributed by atoms with E-state index in [9.17, 15) is 4.79 Å². The number of hydrogen-bond donors (Lipinski definition) is 0. The minimum absolute atomic E-state index is 0.196. The average molecular weight is 439 g/mol. The van der Waals surface area contributed by atoms with Crippen LogP contribution in [-0.2, 0) is 4.79 Å². The van der Waals surface area contributed by atoms with Crippen molar-refractivity contribution in [3.8, 4) is 17.5 Å². The lowest BCUT2D eigenvalue weighted by Gasteiger charge is -2.24. The average Bonchev–Trinajstić information content (AvgIpc) is 3.19. The Balaban J connectivity index is 1.83. The van der Waals surface area contributed by atoms with Crippen LogP contribution in [0.4, 0.5) is 5.69 Å². The predicted octanol–water partition coefficient (Wildman–Crippen LogP) is 3.92. The molecule has 0 aliphatic heterocycles. The lowest BCUT2D eigenvalue weighted by atomic mass is 10.2. The van der Waals surface area contributed by atoms with Crippen LogP contribution in [0.2, 0.25) is 0 Å². The van der Waals surface area contributed by atoms with Gasteiger partial charge in [-0.1, -0.05) is 33.6 Å². The Morgan fingerprint density at radius 3 is 2.54 bits per heavy atom. The van der Waals surface area contributed by atoms with Crippen molar-refractivity contribution >= 4 is 27.5 Å². The topological polar surface area (TPSA) is 87.7 Å². The summed E-state index contributed by atoms with van der Waals surface area (Å²) in [6.07, 6.45) is 0.237. The molecule has 1 aromatic heterocycles. The molecule has 142 valence electrons. The quantitative estimate of drug-likeness (QED) is 0.581. The zero-order chi connectivity index (χ0) is 20.1. The molecule has 1 atom stereocenters. The molecule has 0 aliphatic carbocycles. The molecule has 0 N–H and O–H groups in total. The summed E-state index contributed by atoms with van der Waals surface area (Å²) < 4.78 is 0.957. The Bertz CT molecular complexity index is 991. The Hall–Kier alpha value is -3.05. The zero-order valence-electron chi connectivity index (χ0n) is 15.6. The fourth-order valence-corrected chi connectivity index (χ4v) is 2.95. The van der Waals surface area contributed by atoms with Crippen LogP contribution in [0.25, 0.3) is 11.4 Å². The largest absolute Gasteiger partial charge is 0.309 e. The van der Waals surface area contributed by atoms with Crippen LogP contribution >= 0.6 is 15.9 Å². The Kier molecular flexibility index (Phi) is 6.16. The van der Waals surface area contributed by atoms with E-state index >= 15 is 0 Å². The first-order valence-electron chi connectivity index (χ1n) is 8.80. The van der Waals surface area contributed by atoms with Crippen LogP contribution in [0.15, 0.2) is 53.0 Å². The van der Waals surface area contributed by atoms with E-state index in [2.05, 4.69) is 37.4 Å². The van der Waals surface area contributed by atoms with Crippen LogP contribution in [0, 0.1) is 18.3 Å². The van der Waals surface area contributed by atoms with E-state index < -0.39 is 6.04 Å². The van der Waals surface area contributed by atoms with E-state index in [0.717, 1.165) is 21.3 Å². The molecule has 0 spiro atoms. The van der Waals surface area contributed by atoms with Crippen molar-refractivity contribution in [3.05, 3.63) is 58.6 Å². The number of halogens is 1. The summed E-state index contributed by atoms with van der Waals surface area (Å²) in [5, 5.41) is 21.5. The number of amides is 1. The molecular weight excluding hydrogens is 420 g/mol. The summed E-state index contributed by atoms with van der Waals surface area (Å²) in [5.41, 5.74) is 2.65. The lowest BCUT2D eigenvalue weighted by molar-refractivity contribution is -0.121. The maximum absolute atomic E-state index is 13.1. The van der Waals surface area contributed by atoms with Crippen molar-refractivity contribution in [2.24, 2.45) is 0 Å². The molecule has 7 nitrogen and oxygen atoms in total. The number of nitrogens with zero attached hydrogens (tertiary/aromatic N) is 6. The van der Waals surface area contributed by atoms with E-state index in [-0.39, 0.29) is 12.3 Å². The zero-order valence-corrected chi connectivity index (χ0v) is 17.2. The molecule has 1 unspecified atom stereocenters. The van der Waals surface area contributed by atoms with E-state index in [1.54, 1.807) is 11.8 Å². The monoisotopic (exact) mass is 438 g/mol. The molecule has 0 aliphatic rings. The maximum Gasteiger partial charge on any atom is 0.253 e. The van der Waals surface area contributed by atoms with Gasteiger partial charge in [-0.2, -0.15) is 10.1 Å². The second-order valence-electron chi connectivity index (χ2n) is 6.35. The highest BCUT2D eigenvalue weighted by Gasteiger charge is 2.25. The van der Waals surface area contributed by atoms with Crippen molar-refractivity contribution in [2.45, 2.75) is 26.3 Å². The standard InChI is InChI=1S/C20H19BrN6O/c1-14-4-10-18(11-5-14)26(13-3-12-22)20(28)15(2)27-24-19(23-25-27)16-6-8-17(21)9-7-16/h4-11,15H,3,13H2,1-2H3. The highest BCUT2D eigenvalue weighted by atomic mass is 79.9. The van der Waals surface area contributed by atoms with Crippen LogP contribution in [0.3, 0.4) is 0 Å². The number of benzene rings is 2. The third kappa shape index (κ3) is 4.43. The van der Waals surface area contributed by atoms with Crippen LogP contribution < -0.4 is 4.90 Å². The maximum atomic E-state index is 13.1. The molecule has 0 radical (unpaired) electrons. The van der Waals surface area contributed by atoms with Gasteiger partial charge in [-0.25, -0.2) is 0 Å². The first-order chi connectivity index (χ1) is 13.5. The van der Waals surface area contributed by atoms with E-state index in [0.29, 0.717) is 12.4 Å². The number of carbonyl (C=O) groups excluding carboxylic acids is 1. The molecule has 0 bridgehead atoms. The van der Waals surface area contributed by atoms with Gasteiger partial charge in [0, 0.05) is 22.3 Å². The molecule has 8 heteroatoms. The highest BCUT2D eigenvalue weighted by Crippen LogP contribution is 2.21. The minimum atomic E-state index is -0.656. The number of anilines is 1.